The van der Waals surface area contributed by atoms with E-state index in [2.05, 4.69) is 15.9 Å². The number of Topliss-reactive ketones (excluding diaryl/α,β-unsaturated/α-hetero) is 1. The van der Waals surface area contributed by atoms with E-state index in [9.17, 15) is 19.5 Å². The maximum absolute atomic E-state index is 12.5. The Balaban J connectivity index is 2.63. The fourth-order valence-corrected chi connectivity index (χ4v) is 3.62. The summed E-state index contributed by atoms with van der Waals surface area (Å²) in [4.78, 5) is 37.0. The van der Waals surface area contributed by atoms with Crippen molar-refractivity contribution in [2.75, 3.05) is 14.2 Å². The summed E-state index contributed by atoms with van der Waals surface area (Å²) in [6.45, 7) is 1.41. The molecular weight excluding hydrogens is 380 g/mol. The third-order valence-corrected chi connectivity index (χ3v) is 4.96. The second-order valence-electron chi connectivity index (χ2n) is 6.08. The minimum absolute atomic E-state index is 0.320. The van der Waals surface area contributed by atoms with Gasteiger partial charge in [0.2, 0.25) is 0 Å². The number of hydrogen-bond donors (Lipinski definition) is 1. The second kappa shape index (κ2) is 7.03. The zero-order valence-corrected chi connectivity index (χ0v) is 15.2. The first-order chi connectivity index (χ1) is 11.2. The zero-order chi connectivity index (χ0) is 18.1. The Hall–Kier alpha value is -1.73. The standard InChI is InChI=1S/C17H19BrO6/c1-17(22)8-11(19)13(15(20)23-2)12(14(17)16(21)24-3)9-4-6-10(18)7-5-9/h4-7,12-14,22H,8H2,1-3H3/t12-,13+,14+,17-/m1/s1. The maximum atomic E-state index is 12.5. The molecule has 1 saturated carbocycles. The van der Waals surface area contributed by atoms with Gasteiger partial charge < -0.3 is 14.6 Å². The van der Waals surface area contributed by atoms with Crippen molar-refractivity contribution in [2.24, 2.45) is 11.8 Å². The van der Waals surface area contributed by atoms with E-state index in [1.807, 2.05) is 0 Å². The highest BCUT2D eigenvalue weighted by Gasteiger charge is 2.56. The number of carbonyl (C=O) groups excluding carboxylic acids is 3. The van der Waals surface area contributed by atoms with Gasteiger partial charge in [0.05, 0.1) is 25.7 Å². The van der Waals surface area contributed by atoms with Crippen LogP contribution in [0, 0.1) is 11.8 Å². The molecule has 0 saturated heterocycles. The predicted octanol–water partition coefficient (Wildman–Crippen LogP) is 1.83. The monoisotopic (exact) mass is 398 g/mol. The van der Waals surface area contributed by atoms with Gasteiger partial charge in [0.15, 0.2) is 5.78 Å². The molecule has 6 nitrogen and oxygen atoms in total. The molecule has 1 aliphatic rings. The van der Waals surface area contributed by atoms with E-state index in [0.29, 0.717) is 5.56 Å². The van der Waals surface area contributed by atoms with Crippen LogP contribution in [0.3, 0.4) is 0 Å². The van der Waals surface area contributed by atoms with Crippen molar-refractivity contribution in [2.45, 2.75) is 24.9 Å². The topological polar surface area (TPSA) is 89.9 Å². The molecule has 0 aliphatic heterocycles. The predicted molar refractivity (Wildman–Crippen MR) is 88.1 cm³/mol. The van der Waals surface area contributed by atoms with Crippen molar-refractivity contribution in [3.05, 3.63) is 34.3 Å². The third-order valence-electron chi connectivity index (χ3n) is 4.43. The van der Waals surface area contributed by atoms with E-state index in [-0.39, 0.29) is 6.42 Å². The molecule has 0 heterocycles. The highest BCUT2D eigenvalue weighted by atomic mass is 79.9. The van der Waals surface area contributed by atoms with Crippen LogP contribution < -0.4 is 0 Å². The number of aliphatic hydroxyl groups is 1. The van der Waals surface area contributed by atoms with Crippen molar-refractivity contribution >= 4 is 33.7 Å². The van der Waals surface area contributed by atoms with Gasteiger partial charge in [-0.15, -0.1) is 0 Å². The van der Waals surface area contributed by atoms with Crippen LogP contribution in [0.25, 0.3) is 0 Å². The zero-order valence-electron chi connectivity index (χ0n) is 13.6. The molecule has 130 valence electrons. The Kier molecular flexibility index (Phi) is 5.45. The lowest BCUT2D eigenvalue weighted by Crippen LogP contribution is -2.55. The van der Waals surface area contributed by atoms with Crippen LogP contribution in [0.15, 0.2) is 28.7 Å². The van der Waals surface area contributed by atoms with Gasteiger partial charge in [-0.25, -0.2) is 0 Å². The molecule has 4 atom stereocenters. The Morgan fingerprint density at radius 3 is 2.21 bits per heavy atom. The van der Waals surface area contributed by atoms with Crippen LogP contribution >= 0.6 is 15.9 Å². The van der Waals surface area contributed by atoms with E-state index in [4.69, 9.17) is 9.47 Å². The first kappa shape index (κ1) is 18.6. The van der Waals surface area contributed by atoms with E-state index >= 15 is 0 Å². The first-order valence-corrected chi connectivity index (χ1v) is 8.18. The van der Waals surface area contributed by atoms with E-state index in [1.54, 1.807) is 24.3 Å². The SMILES string of the molecule is COC(=O)[C@H]1C(=O)C[C@@](C)(O)[C@H](C(=O)OC)[C@@H]1c1ccc(Br)cc1. The first-order valence-electron chi connectivity index (χ1n) is 7.39. The van der Waals surface area contributed by atoms with Crippen molar-refractivity contribution in [3.63, 3.8) is 0 Å². The third kappa shape index (κ3) is 3.37. The van der Waals surface area contributed by atoms with Crippen molar-refractivity contribution < 1.29 is 29.0 Å². The van der Waals surface area contributed by atoms with Gasteiger partial charge in [0.1, 0.15) is 5.92 Å². The number of hydrogen-bond acceptors (Lipinski definition) is 6. The van der Waals surface area contributed by atoms with Crippen LogP contribution in [0.1, 0.15) is 24.8 Å². The average molecular weight is 399 g/mol. The van der Waals surface area contributed by atoms with Crippen LogP contribution in [-0.2, 0) is 23.9 Å². The number of ether oxygens (including phenoxy) is 2. The van der Waals surface area contributed by atoms with Gasteiger partial charge in [-0.2, -0.15) is 0 Å². The summed E-state index contributed by atoms with van der Waals surface area (Å²) in [6.07, 6.45) is -0.320. The minimum atomic E-state index is -1.62. The molecule has 0 radical (unpaired) electrons. The Bertz CT molecular complexity index is 652. The fraction of sp³-hybridized carbons (Fsp3) is 0.471. The Morgan fingerprint density at radius 2 is 1.71 bits per heavy atom. The Labute approximate surface area is 148 Å². The van der Waals surface area contributed by atoms with Crippen molar-refractivity contribution in [3.8, 4) is 0 Å². The van der Waals surface area contributed by atoms with Gasteiger partial charge in [0.25, 0.3) is 0 Å². The summed E-state index contributed by atoms with van der Waals surface area (Å²) < 4.78 is 10.4. The molecule has 2 rings (SSSR count). The molecule has 24 heavy (non-hydrogen) atoms. The second-order valence-corrected chi connectivity index (χ2v) is 6.99. The molecule has 1 aromatic rings. The fourth-order valence-electron chi connectivity index (χ4n) is 3.35. The number of methoxy groups -OCH3 is 2. The molecule has 1 aliphatic carbocycles. The molecule has 0 aromatic heterocycles. The summed E-state index contributed by atoms with van der Waals surface area (Å²) in [5.74, 6) is -4.95. The van der Waals surface area contributed by atoms with Crippen molar-refractivity contribution in [1.29, 1.82) is 0 Å². The van der Waals surface area contributed by atoms with Crippen LogP contribution in [0.5, 0.6) is 0 Å². The lowest BCUT2D eigenvalue weighted by Gasteiger charge is -2.43. The quantitative estimate of drug-likeness (QED) is 0.616. The molecule has 1 aromatic carbocycles. The highest BCUT2D eigenvalue weighted by molar-refractivity contribution is 9.10. The molecule has 1 N–H and O–H groups in total. The summed E-state index contributed by atoms with van der Waals surface area (Å²) in [6, 6.07) is 6.89. The number of ketones is 1. The smallest absolute Gasteiger partial charge is 0.316 e. The maximum Gasteiger partial charge on any atom is 0.316 e. The molecular formula is C17H19BrO6. The number of esters is 2. The molecule has 0 amide bonds. The number of carbonyl (C=O) groups is 3. The van der Waals surface area contributed by atoms with Crippen LogP contribution in [0.4, 0.5) is 0 Å². The van der Waals surface area contributed by atoms with Gasteiger partial charge in [-0.3, -0.25) is 14.4 Å². The van der Waals surface area contributed by atoms with Crippen molar-refractivity contribution in [1.82, 2.24) is 0 Å². The van der Waals surface area contributed by atoms with Gasteiger partial charge in [-0.1, -0.05) is 28.1 Å². The lowest BCUT2D eigenvalue weighted by atomic mass is 9.62. The summed E-state index contributed by atoms with van der Waals surface area (Å²) in [5.41, 5.74) is -1.04. The molecule has 0 unspecified atom stereocenters. The summed E-state index contributed by atoms with van der Waals surface area (Å²) in [5, 5.41) is 10.7. The molecule has 0 bridgehead atoms. The molecule has 0 spiro atoms. The van der Waals surface area contributed by atoms with E-state index in [0.717, 1.165) is 4.47 Å². The van der Waals surface area contributed by atoms with E-state index < -0.39 is 41.1 Å². The summed E-state index contributed by atoms with van der Waals surface area (Å²) in [7, 11) is 2.40. The highest BCUT2D eigenvalue weighted by Crippen LogP contribution is 2.46. The van der Waals surface area contributed by atoms with E-state index in [1.165, 1.54) is 21.1 Å². The average Bonchev–Trinajstić information content (AvgIpc) is 2.53. The number of rotatable bonds is 3. The van der Waals surface area contributed by atoms with Gasteiger partial charge in [-0.05, 0) is 24.6 Å². The van der Waals surface area contributed by atoms with Gasteiger partial charge >= 0.3 is 11.9 Å². The van der Waals surface area contributed by atoms with Crippen LogP contribution in [0.2, 0.25) is 0 Å². The number of halogens is 1. The molecule has 7 heteroatoms. The van der Waals surface area contributed by atoms with Crippen LogP contribution in [-0.4, -0.2) is 42.6 Å². The van der Waals surface area contributed by atoms with Gasteiger partial charge in [0, 0.05) is 16.8 Å². The normalized spacial score (nSPS) is 29.9. The molecule has 1 fully saturated rings. The minimum Gasteiger partial charge on any atom is -0.469 e. The lowest BCUT2D eigenvalue weighted by molar-refractivity contribution is -0.170. The summed E-state index contributed by atoms with van der Waals surface area (Å²) >= 11 is 3.32. The number of benzene rings is 1. The largest absolute Gasteiger partial charge is 0.469 e. The Morgan fingerprint density at radius 1 is 1.17 bits per heavy atom.